The van der Waals surface area contributed by atoms with Crippen LogP contribution in [0.1, 0.15) is 29.5 Å². The van der Waals surface area contributed by atoms with Crippen LogP contribution in [0.15, 0.2) is 52.4 Å². The number of guanidine groups is 1. The highest BCUT2D eigenvalue weighted by molar-refractivity contribution is 7.98. The number of hydrogen-bond acceptors (Lipinski definition) is 3. The Hall–Kier alpha value is -2.67. The van der Waals surface area contributed by atoms with Gasteiger partial charge in [-0.05, 0) is 60.9 Å². The molecule has 160 valence electrons. The van der Waals surface area contributed by atoms with E-state index in [1.807, 2.05) is 29.2 Å². The molecule has 2 aromatic rings. The van der Waals surface area contributed by atoms with Gasteiger partial charge in [-0.2, -0.15) is 0 Å². The van der Waals surface area contributed by atoms with E-state index in [0.29, 0.717) is 13.1 Å². The Morgan fingerprint density at radius 2 is 1.87 bits per heavy atom. The zero-order valence-electron chi connectivity index (χ0n) is 18.0. The molecular weight excluding hydrogens is 394 g/mol. The first-order chi connectivity index (χ1) is 14.6. The Morgan fingerprint density at radius 1 is 1.10 bits per heavy atom. The molecule has 3 N–H and O–H groups in total. The first kappa shape index (κ1) is 22.0. The second kappa shape index (κ2) is 10.9. The van der Waals surface area contributed by atoms with Crippen molar-refractivity contribution in [3.05, 3.63) is 59.2 Å². The standard InChI is InChI=1S/C23H31N5OS/c1-17-9-10-19(21(13-17)30-3)16-26-22(24-2)25-15-18-7-6-8-20(14-18)27-23(29)28-11-4-5-12-28/h6-10,13-14H,4-5,11-12,15-16H2,1-3H3,(H,27,29)(H2,24,25,26). The maximum atomic E-state index is 12.3. The summed E-state index contributed by atoms with van der Waals surface area (Å²) in [7, 11) is 1.77. The summed E-state index contributed by atoms with van der Waals surface area (Å²) in [6.45, 7) is 5.13. The number of rotatable bonds is 6. The molecule has 6 nitrogen and oxygen atoms in total. The van der Waals surface area contributed by atoms with Gasteiger partial charge < -0.3 is 20.9 Å². The third-order valence-corrected chi connectivity index (χ3v) is 5.96. The Morgan fingerprint density at radius 3 is 2.60 bits per heavy atom. The predicted molar refractivity (Wildman–Crippen MR) is 126 cm³/mol. The van der Waals surface area contributed by atoms with Crippen molar-refractivity contribution in [2.75, 3.05) is 31.7 Å². The van der Waals surface area contributed by atoms with Gasteiger partial charge in [-0.1, -0.05) is 24.3 Å². The van der Waals surface area contributed by atoms with Gasteiger partial charge in [0.25, 0.3) is 0 Å². The smallest absolute Gasteiger partial charge is 0.321 e. The molecule has 2 amide bonds. The lowest BCUT2D eigenvalue weighted by molar-refractivity contribution is 0.222. The topological polar surface area (TPSA) is 68.8 Å². The fraction of sp³-hybridized carbons (Fsp3) is 0.391. The SMILES string of the molecule is CN=C(NCc1cccc(NC(=O)N2CCCC2)c1)NCc1ccc(C)cc1SC. The number of nitrogens with zero attached hydrogens (tertiary/aromatic N) is 2. The fourth-order valence-corrected chi connectivity index (χ4v) is 4.17. The van der Waals surface area contributed by atoms with Gasteiger partial charge in [0.05, 0.1) is 0 Å². The summed E-state index contributed by atoms with van der Waals surface area (Å²) in [5.74, 6) is 0.745. The van der Waals surface area contributed by atoms with Crippen LogP contribution in [-0.4, -0.2) is 43.3 Å². The molecule has 1 fully saturated rings. The average Bonchev–Trinajstić information content (AvgIpc) is 3.30. The number of urea groups is 1. The number of thioether (sulfide) groups is 1. The minimum absolute atomic E-state index is 0.0159. The number of hydrogen-bond donors (Lipinski definition) is 3. The maximum absolute atomic E-state index is 12.3. The Kier molecular flexibility index (Phi) is 8.02. The Bertz CT molecular complexity index is 893. The van der Waals surface area contributed by atoms with E-state index >= 15 is 0 Å². The van der Waals surface area contributed by atoms with Crippen LogP contribution in [0.25, 0.3) is 0 Å². The van der Waals surface area contributed by atoms with Gasteiger partial charge in [0, 0.05) is 43.8 Å². The summed E-state index contributed by atoms with van der Waals surface area (Å²) in [6, 6.07) is 14.4. The zero-order valence-corrected chi connectivity index (χ0v) is 18.8. The number of likely N-dealkylation sites (tertiary alicyclic amines) is 1. The number of anilines is 1. The van der Waals surface area contributed by atoms with E-state index in [1.165, 1.54) is 16.0 Å². The van der Waals surface area contributed by atoms with Crippen LogP contribution < -0.4 is 16.0 Å². The van der Waals surface area contributed by atoms with Crippen molar-refractivity contribution in [2.45, 2.75) is 37.8 Å². The summed E-state index contributed by atoms with van der Waals surface area (Å²) in [5.41, 5.74) is 4.42. The van der Waals surface area contributed by atoms with Gasteiger partial charge in [0.15, 0.2) is 5.96 Å². The molecule has 1 aliphatic heterocycles. The van der Waals surface area contributed by atoms with Crippen LogP contribution >= 0.6 is 11.8 Å². The van der Waals surface area contributed by atoms with Crippen LogP contribution in [0.5, 0.6) is 0 Å². The first-order valence-electron chi connectivity index (χ1n) is 10.3. The number of carbonyl (C=O) groups excluding carboxylic acids is 1. The van der Waals surface area contributed by atoms with Crippen molar-refractivity contribution in [1.29, 1.82) is 0 Å². The molecule has 1 saturated heterocycles. The van der Waals surface area contributed by atoms with Gasteiger partial charge >= 0.3 is 6.03 Å². The normalized spacial score (nSPS) is 14.0. The molecule has 0 unspecified atom stereocenters. The molecule has 0 radical (unpaired) electrons. The zero-order chi connectivity index (χ0) is 21.3. The number of amides is 2. The molecule has 1 heterocycles. The van der Waals surface area contributed by atoms with Crippen molar-refractivity contribution in [1.82, 2.24) is 15.5 Å². The van der Waals surface area contributed by atoms with Crippen LogP contribution in [0.4, 0.5) is 10.5 Å². The Balaban J connectivity index is 1.53. The van der Waals surface area contributed by atoms with E-state index in [-0.39, 0.29) is 6.03 Å². The number of nitrogens with one attached hydrogen (secondary N) is 3. The van der Waals surface area contributed by atoms with Crippen LogP contribution in [0.3, 0.4) is 0 Å². The van der Waals surface area contributed by atoms with E-state index in [4.69, 9.17) is 0 Å². The molecule has 7 heteroatoms. The number of carbonyl (C=O) groups is 1. The van der Waals surface area contributed by atoms with Crippen LogP contribution in [0, 0.1) is 6.92 Å². The van der Waals surface area contributed by atoms with Crippen molar-refractivity contribution < 1.29 is 4.79 Å². The van der Waals surface area contributed by atoms with Gasteiger partial charge in [0.2, 0.25) is 0 Å². The largest absolute Gasteiger partial charge is 0.352 e. The van der Waals surface area contributed by atoms with Gasteiger partial charge in [-0.15, -0.1) is 11.8 Å². The quantitative estimate of drug-likeness (QED) is 0.368. The van der Waals surface area contributed by atoms with Gasteiger partial charge in [-0.25, -0.2) is 4.79 Å². The van der Waals surface area contributed by atoms with Crippen LogP contribution in [0.2, 0.25) is 0 Å². The lowest BCUT2D eigenvalue weighted by atomic mass is 10.1. The third-order valence-electron chi connectivity index (χ3n) is 5.14. The van der Waals surface area contributed by atoms with Crippen molar-refractivity contribution in [3.63, 3.8) is 0 Å². The van der Waals surface area contributed by atoms with E-state index in [2.05, 4.69) is 52.3 Å². The summed E-state index contributed by atoms with van der Waals surface area (Å²) in [4.78, 5) is 19.8. The first-order valence-corrected chi connectivity index (χ1v) is 11.5. The summed E-state index contributed by atoms with van der Waals surface area (Å²) >= 11 is 1.76. The molecular formula is C23H31N5OS. The van der Waals surface area contributed by atoms with Crippen molar-refractivity contribution >= 4 is 29.4 Å². The van der Waals surface area contributed by atoms with Gasteiger partial charge in [-0.3, -0.25) is 4.99 Å². The predicted octanol–water partition coefficient (Wildman–Crippen LogP) is 4.21. The monoisotopic (exact) mass is 425 g/mol. The second-order valence-electron chi connectivity index (χ2n) is 7.42. The molecule has 2 aromatic carbocycles. The van der Waals surface area contributed by atoms with E-state index in [0.717, 1.165) is 43.1 Å². The molecule has 30 heavy (non-hydrogen) atoms. The molecule has 0 aliphatic carbocycles. The highest BCUT2D eigenvalue weighted by atomic mass is 32.2. The number of aryl methyl sites for hydroxylation is 1. The minimum atomic E-state index is -0.0159. The highest BCUT2D eigenvalue weighted by Gasteiger charge is 2.17. The molecule has 0 aromatic heterocycles. The third kappa shape index (κ3) is 6.16. The van der Waals surface area contributed by atoms with Crippen molar-refractivity contribution in [2.24, 2.45) is 4.99 Å². The lowest BCUT2D eigenvalue weighted by Crippen LogP contribution is -2.36. The van der Waals surface area contributed by atoms with Crippen LogP contribution in [-0.2, 0) is 13.1 Å². The summed E-state index contributed by atoms with van der Waals surface area (Å²) < 4.78 is 0. The highest BCUT2D eigenvalue weighted by Crippen LogP contribution is 2.21. The Labute approximate surface area is 183 Å². The van der Waals surface area contributed by atoms with E-state index in [1.54, 1.807) is 18.8 Å². The molecule has 1 aliphatic rings. The van der Waals surface area contributed by atoms with E-state index < -0.39 is 0 Å². The van der Waals surface area contributed by atoms with E-state index in [9.17, 15) is 4.79 Å². The summed E-state index contributed by atoms with van der Waals surface area (Å²) in [6.07, 6.45) is 4.27. The maximum Gasteiger partial charge on any atom is 0.321 e. The second-order valence-corrected chi connectivity index (χ2v) is 8.27. The lowest BCUT2D eigenvalue weighted by Gasteiger charge is -2.17. The summed E-state index contributed by atoms with van der Waals surface area (Å²) in [5, 5.41) is 9.73. The average molecular weight is 426 g/mol. The fourth-order valence-electron chi connectivity index (χ4n) is 3.46. The molecule has 0 atom stereocenters. The molecule has 0 saturated carbocycles. The van der Waals surface area contributed by atoms with Crippen molar-refractivity contribution in [3.8, 4) is 0 Å². The minimum Gasteiger partial charge on any atom is -0.352 e. The molecule has 3 rings (SSSR count). The molecule has 0 spiro atoms. The van der Waals surface area contributed by atoms with Gasteiger partial charge in [0.1, 0.15) is 0 Å². The number of benzene rings is 2. The molecule has 0 bridgehead atoms. The number of aliphatic imine (C=N–C) groups is 1.